The lowest BCUT2D eigenvalue weighted by Gasteiger charge is -2.33. The highest BCUT2D eigenvalue weighted by Crippen LogP contribution is 2.16. The number of hydrogen-bond acceptors (Lipinski definition) is 4. The summed E-state index contributed by atoms with van der Waals surface area (Å²) < 4.78 is 0. The van der Waals surface area contributed by atoms with Crippen molar-refractivity contribution in [3.8, 4) is 0 Å². The van der Waals surface area contributed by atoms with Crippen LogP contribution < -0.4 is 5.32 Å². The molecule has 0 saturated carbocycles. The number of likely N-dealkylation sites (N-methyl/N-ethyl adjacent to an activating group) is 1. The van der Waals surface area contributed by atoms with Crippen molar-refractivity contribution in [2.24, 2.45) is 5.92 Å². The monoisotopic (exact) mass is 408 g/mol. The van der Waals surface area contributed by atoms with Crippen molar-refractivity contribution in [3.05, 3.63) is 65.5 Å². The lowest BCUT2D eigenvalue weighted by Crippen LogP contribution is -2.49. The summed E-state index contributed by atoms with van der Waals surface area (Å²) in [6.07, 6.45) is 6.90. The first-order valence-corrected chi connectivity index (χ1v) is 11.1. The van der Waals surface area contributed by atoms with E-state index in [2.05, 4.69) is 53.3 Å². The number of nitrogens with one attached hydrogen (secondary N) is 1. The van der Waals surface area contributed by atoms with Gasteiger partial charge in [0.2, 0.25) is 5.91 Å². The van der Waals surface area contributed by atoms with Crippen molar-refractivity contribution < 1.29 is 4.79 Å². The second-order valence-electron chi connectivity index (χ2n) is 9.08. The van der Waals surface area contributed by atoms with Gasteiger partial charge in [0, 0.05) is 38.1 Å². The molecule has 0 bridgehead atoms. The number of carbonyl (C=O) groups is 1. The average molecular weight is 409 g/mol. The molecule has 0 aliphatic carbocycles. The lowest BCUT2D eigenvalue weighted by molar-refractivity contribution is -0.123. The average Bonchev–Trinajstić information content (AvgIpc) is 2.70. The molecule has 5 heteroatoms. The number of carbonyl (C=O) groups excluding carboxylic acids is 1. The van der Waals surface area contributed by atoms with Gasteiger partial charge in [-0.1, -0.05) is 38.1 Å². The Bertz CT molecular complexity index is 775. The molecule has 1 aliphatic rings. The molecule has 5 nitrogen and oxygen atoms in total. The molecule has 1 aromatic heterocycles. The smallest absolute Gasteiger partial charge is 0.234 e. The molecule has 0 radical (unpaired) electrons. The summed E-state index contributed by atoms with van der Waals surface area (Å²) in [7, 11) is 1.98. The Balaban J connectivity index is 1.43. The van der Waals surface area contributed by atoms with Gasteiger partial charge in [0.1, 0.15) is 0 Å². The van der Waals surface area contributed by atoms with Crippen LogP contribution in [0, 0.1) is 5.92 Å². The van der Waals surface area contributed by atoms with Crippen LogP contribution in [0.25, 0.3) is 0 Å². The van der Waals surface area contributed by atoms with Crippen LogP contribution in [-0.2, 0) is 24.3 Å². The van der Waals surface area contributed by atoms with E-state index in [1.165, 1.54) is 16.7 Å². The van der Waals surface area contributed by atoms with Gasteiger partial charge in [-0.25, -0.2) is 0 Å². The van der Waals surface area contributed by atoms with Gasteiger partial charge in [0.15, 0.2) is 0 Å². The normalized spacial score (nSPS) is 17.4. The molecule has 1 saturated heterocycles. The van der Waals surface area contributed by atoms with Crippen LogP contribution in [0.15, 0.2) is 48.8 Å². The van der Waals surface area contributed by atoms with Crippen LogP contribution in [-0.4, -0.2) is 53.4 Å². The van der Waals surface area contributed by atoms with Gasteiger partial charge in [-0.2, -0.15) is 0 Å². The fraction of sp³-hybridized carbons (Fsp3) is 0.520. The number of piperidine rings is 1. The molecule has 162 valence electrons. The Hall–Kier alpha value is -2.24. The predicted octanol–water partition coefficient (Wildman–Crippen LogP) is 3.49. The molecular formula is C25H36N4O. The topological polar surface area (TPSA) is 48.5 Å². The van der Waals surface area contributed by atoms with Crippen LogP contribution in [0.3, 0.4) is 0 Å². The van der Waals surface area contributed by atoms with Gasteiger partial charge < -0.3 is 5.32 Å². The molecule has 1 aliphatic heterocycles. The van der Waals surface area contributed by atoms with Gasteiger partial charge >= 0.3 is 0 Å². The zero-order valence-corrected chi connectivity index (χ0v) is 18.7. The van der Waals surface area contributed by atoms with E-state index in [-0.39, 0.29) is 11.9 Å². The molecule has 1 amide bonds. The fourth-order valence-corrected chi connectivity index (χ4v) is 4.20. The molecule has 0 spiro atoms. The van der Waals surface area contributed by atoms with E-state index in [4.69, 9.17) is 0 Å². The second kappa shape index (κ2) is 11.2. The fourth-order valence-electron chi connectivity index (χ4n) is 4.20. The first kappa shape index (κ1) is 22.4. The molecule has 2 heterocycles. The summed E-state index contributed by atoms with van der Waals surface area (Å²) in [4.78, 5) is 21.1. The number of rotatable bonds is 9. The van der Waals surface area contributed by atoms with Crippen molar-refractivity contribution in [2.75, 3.05) is 26.7 Å². The van der Waals surface area contributed by atoms with Gasteiger partial charge in [-0.3, -0.25) is 19.6 Å². The molecule has 3 rings (SSSR count). The van der Waals surface area contributed by atoms with Crippen molar-refractivity contribution in [3.63, 3.8) is 0 Å². The molecule has 1 fully saturated rings. The number of hydrogen-bond donors (Lipinski definition) is 1. The molecule has 1 aromatic carbocycles. The first-order chi connectivity index (χ1) is 14.5. The maximum atomic E-state index is 12.5. The van der Waals surface area contributed by atoms with E-state index in [9.17, 15) is 4.79 Å². The highest BCUT2D eigenvalue weighted by molar-refractivity contribution is 5.78. The number of amides is 1. The third kappa shape index (κ3) is 7.54. The van der Waals surface area contributed by atoms with Crippen molar-refractivity contribution in [1.82, 2.24) is 20.1 Å². The third-order valence-electron chi connectivity index (χ3n) is 5.56. The highest BCUT2D eigenvalue weighted by atomic mass is 16.2. The zero-order chi connectivity index (χ0) is 21.3. The largest absolute Gasteiger partial charge is 0.351 e. The van der Waals surface area contributed by atoms with Gasteiger partial charge in [0.25, 0.3) is 0 Å². The number of likely N-dealkylation sites (tertiary alicyclic amines) is 1. The summed E-state index contributed by atoms with van der Waals surface area (Å²) in [5, 5.41) is 3.25. The predicted molar refractivity (Wildman–Crippen MR) is 122 cm³/mol. The van der Waals surface area contributed by atoms with Crippen LogP contribution in [0.5, 0.6) is 0 Å². The minimum atomic E-state index is 0.108. The van der Waals surface area contributed by atoms with Crippen LogP contribution in [0.4, 0.5) is 0 Å². The summed E-state index contributed by atoms with van der Waals surface area (Å²) in [5.41, 5.74) is 3.93. The van der Waals surface area contributed by atoms with E-state index in [1.54, 1.807) is 12.4 Å². The Morgan fingerprint density at radius 2 is 1.83 bits per heavy atom. The molecule has 2 aromatic rings. The standard InChI is InChI=1S/C25H36N4O/c1-20(2)15-21-6-8-22(9-7-21)17-29-14-4-5-24(18-29)27-25(30)19-28(3)16-23-10-12-26-13-11-23/h6-13,20,24H,4-5,14-19H2,1-3H3,(H,27,30)/t24-/m1/s1. The van der Waals surface area contributed by atoms with Crippen molar-refractivity contribution in [2.45, 2.75) is 52.2 Å². The van der Waals surface area contributed by atoms with E-state index < -0.39 is 0 Å². The summed E-state index contributed by atoms with van der Waals surface area (Å²) >= 11 is 0. The third-order valence-corrected chi connectivity index (χ3v) is 5.56. The van der Waals surface area contributed by atoms with Gasteiger partial charge in [0.05, 0.1) is 6.54 Å². The SMILES string of the molecule is CC(C)Cc1ccc(CN2CCC[C@@H](NC(=O)CN(C)Cc3ccncc3)C2)cc1. The van der Waals surface area contributed by atoms with E-state index in [0.29, 0.717) is 12.5 Å². The van der Waals surface area contributed by atoms with Crippen molar-refractivity contribution >= 4 is 5.91 Å². The maximum absolute atomic E-state index is 12.5. The van der Waals surface area contributed by atoms with Crippen LogP contribution in [0.1, 0.15) is 43.4 Å². The van der Waals surface area contributed by atoms with Gasteiger partial charge in [-0.05, 0) is 67.6 Å². The summed E-state index contributed by atoms with van der Waals surface area (Å²) in [6.45, 7) is 8.65. The van der Waals surface area contributed by atoms with E-state index in [0.717, 1.165) is 45.4 Å². The summed E-state index contributed by atoms with van der Waals surface area (Å²) in [6, 6.07) is 13.3. The first-order valence-electron chi connectivity index (χ1n) is 11.1. The number of nitrogens with zero attached hydrogens (tertiary/aromatic N) is 3. The Morgan fingerprint density at radius 3 is 2.53 bits per heavy atom. The lowest BCUT2D eigenvalue weighted by atomic mass is 10.0. The Labute approximate surface area is 181 Å². The zero-order valence-electron chi connectivity index (χ0n) is 18.7. The minimum Gasteiger partial charge on any atom is -0.351 e. The highest BCUT2D eigenvalue weighted by Gasteiger charge is 2.22. The quantitative estimate of drug-likeness (QED) is 0.690. The molecule has 1 atom stereocenters. The van der Waals surface area contributed by atoms with E-state index >= 15 is 0 Å². The second-order valence-corrected chi connectivity index (χ2v) is 9.08. The molecular weight excluding hydrogens is 372 g/mol. The van der Waals surface area contributed by atoms with Crippen LogP contribution >= 0.6 is 0 Å². The Morgan fingerprint density at radius 1 is 1.13 bits per heavy atom. The molecule has 0 unspecified atom stereocenters. The van der Waals surface area contributed by atoms with E-state index in [1.807, 2.05) is 24.1 Å². The Kier molecular flexibility index (Phi) is 8.40. The van der Waals surface area contributed by atoms with Crippen LogP contribution in [0.2, 0.25) is 0 Å². The molecule has 30 heavy (non-hydrogen) atoms. The minimum absolute atomic E-state index is 0.108. The maximum Gasteiger partial charge on any atom is 0.234 e. The number of benzene rings is 1. The number of aromatic nitrogens is 1. The van der Waals surface area contributed by atoms with Gasteiger partial charge in [-0.15, -0.1) is 0 Å². The summed E-state index contributed by atoms with van der Waals surface area (Å²) in [5.74, 6) is 0.794. The molecule has 1 N–H and O–H groups in total. The van der Waals surface area contributed by atoms with Crippen molar-refractivity contribution in [1.29, 1.82) is 0 Å². The number of pyridine rings is 1.